The molecule has 12 aromatic rings. The zero-order valence-electron chi connectivity index (χ0n) is 30.1. The van der Waals surface area contributed by atoms with Crippen molar-refractivity contribution in [1.29, 1.82) is 0 Å². The number of nitrogens with zero attached hydrogens (tertiary/aromatic N) is 5. The SMILES string of the molecule is c1ccc(-c2ccc(-c3nc(-c4cccc(-n5c6cccc7c8ccccc8c8cccc5c8c76)c4)nc(-n4c5ccccc5c5ccccc54)n3)cc2)cc1. The van der Waals surface area contributed by atoms with Crippen molar-refractivity contribution in [2.24, 2.45) is 0 Å². The first-order chi connectivity index (χ1) is 27.8. The zero-order chi connectivity index (χ0) is 36.7. The first kappa shape index (κ1) is 30.8. The molecule has 3 aromatic heterocycles. The Bertz CT molecular complexity index is 3330. The van der Waals surface area contributed by atoms with E-state index in [0.717, 1.165) is 44.2 Å². The van der Waals surface area contributed by atoms with Gasteiger partial charge in [0.15, 0.2) is 11.6 Å². The smallest absolute Gasteiger partial charge is 0.238 e. The normalized spacial score (nSPS) is 11.9. The number of rotatable bonds is 5. The van der Waals surface area contributed by atoms with E-state index in [1.807, 2.05) is 6.07 Å². The highest BCUT2D eigenvalue weighted by atomic mass is 15.2. The summed E-state index contributed by atoms with van der Waals surface area (Å²) in [7, 11) is 0. The van der Waals surface area contributed by atoms with Crippen molar-refractivity contribution in [3.05, 3.63) is 188 Å². The summed E-state index contributed by atoms with van der Waals surface area (Å²) >= 11 is 0. The molecule has 0 aliphatic rings. The monoisotopic (exact) mass is 713 g/mol. The van der Waals surface area contributed by atoms with Gasteiger partial charge in [-0.1, -0.05) is 152 Å². The molecule has 56 heavy (non-hydrogen) atoms. The molecule has 9 aromatic carbocycles. The van der Waals surface area contributed by atoms with Gasteiger partial charge in [0, 0.05) is 38.4 Å². The Morgan fingerprint density at radius 3 is 1.36 bits per heavy atom. The number of hydrogen-bond acceptors (Lipinski definition) is 3. The van der Waals surface area contributed by atoms with Gasteiger partial charge in [0.25, 0.3) is 0 Å². The van der Waals surface area contributed by atoms with Crippen LogP contribution in [-0.4, -0.2) is 24.1 Å². The Balaban J connectivity index is 1.09. The molecule has 0 unspecified atom stereocenters. The van der Waals surface area contributed by atoms with Crippen LogP contribution in [0.15, 0.2) is 188 Å². The van der Waals surface area contributed by atoms with E-state index in [9.17, 15) is 0 Å². The van der Waals surface area contributed by atoms with Crippen LogP contribution in [-0.2, 0) is 0 Å². The molecule has 3 heterocycles. The van der Waals surface area contributed by atoms with E-state index in [4.69, 9.17) is 15.0 Å². The van der Waals surface area contributed by atoms with E-state index in [1.165, 1.54) is 48.9 Å². The van der Waals surface area contributed by atoms with Crippen molar-refractivity contribution in [2.45, 2.75) is 0 Å². The Labute approximate surface area is 321 Å². The summed E-state index contributed by atoms with van der Waals surface area (Å²) in [6.07, 6.45) is 0. The van der Waals surface area contributed by atoms with Crippen LogP contribution in [0.1, 0.15) is 0 Å². The van der Waals surface area contributed by atoms with Gasteiger partial charge in [-0.15, -0.1) is 0 Å². The molecule has 0 fully saturated rings. The summed E-state index contributed by atoms with van der Waals surface area (Å²) in [5.74, 6) is 1.81. The Morgan fingerprint density at radius 1 is 0.286 bits per heavy atom. The van der Waals surface area contributed by atoms with E-state index in [0.29, 0.717) is 17.6 Å². The lowest BCUT2D eigenvalue weighted by atomic mass is 9.95. The van der Waals surface area contributed by atoms with E-state index < -0.39 is 0 Å². The van der Waals surface area contributed by atoms with E-state index in [2.05, 4.69) is 191 Å². The third-order valence-electron chi connectivity index (χ3n) is 11.3. The minimum absolute atomic E-state index is 0.578. The maximum atomic E-state index is 5.28. The fourth-order valence-corrected chi connectivity index (χ4v) is 8.88. The van der Waals surface area contributed by atoms with Gasteiger partial charge in [0.2, 0.25) is 5.95 Å². The number of para-hydroxylation sites is 2. The van der Waals surface area contributed by atoms with Crippen LogP contribution in [0, 0.1) is 0 Å². The van der Waals surface area contributed by atoms with Crippen molar-refractivity contribution >= 4 is 65.2 Å². The minimum atomic E-state index is 0.578. The first-order valence-electron chi connectivity index (χ1n) is 19.0. The molecule has 260 valence electrons. The highest BCUT2D eigenvalue weighted by Crippen LogP contribution is 2.44. The van der Waals surface area contributed by atoms with Crippen LogP contribution in [0.25, 0.3) is 111 Å². The molecule has 0 atom stereocenters. The van der Waals surface area contributed by atoms with Crippen LogP contribution in [0.5, 0.6) is 0 Å². The predicted molar refractivity (Wildman–Crippen MR) is 231 cm³/mol. The summed E-state index contributed by atoms with van der Waals surface area (Å²) < 4.78 is 4.57. The van der Waals surface area contributed by atoms with Gasteiger partial charge in [0.1, 0.15) is 0 Å². The van der Waals surface area contributed by atoms with Gasteiger partial charge in [-0.25, -0.2) is 4.98 Å². The van der Waals surface area contributed by atoms with Gasteiger partial charge in [0.05, 0.1) is 22.1 Å². The largest absolute Gasteiger partial charge is 0.309 e. The summed E-state index contributed by atoms with van der Waals surface area (Å²) in [4.78, 5) is 15.7. The molecule has 12 rings (SSSR count). The second kappa shape index (κ2) is 11.9. The molecule has 0 saturated carbocycles. The fourth-order valence-electron chi connectivity index (χ4n) is 8.88. The maximum Gasteiger partial charge on any atom is 0.238 e. The molecular formula is C51H31N5. The summed E-state index contributed by atoms with van der Waals surface area (Å²) in [6.45, 7) is 0. The molecule has 0 aliphatic heterocycles. The molecule has 0 bridgehead atoms. The molecule has 0 N–H and O–H groups in total. The van der Waals surface area contributed by atoms with Crippen LogP contribution in [0.3, 0.4) is 0 Å². The number of benzene rings is 9. The van der Waals surface area contributed by atoms with Crippen LogP contribution in [0.4, 0.5) is 0 Å². The molecule has 0 radical (unpaired) electrons. The second-order valence-corrected chi connectivity index (χ2v) is 14.4. The molecule has 5 nitrogen and oxygen atoms in total. The lowest BCUT2D eigenvalue weighted by molar-refractivity contribution is 0.953. The van der Waals surface area contributed by atoms with Crippen molar-refractivity contribution in [1.82, 2.24) is 24.1 Å². The Hall–Kier alpha value is -7.63. The van der Waals surface area contributed by atoms with Gasteiger partial charge < -0.3 is 4.57 Å². The highest BCUT2D eigenvalue weighted by Gasteiger charge is 2.21. The van der Waals surface area contributed by atoms with E-state index >= 15 is 0 Å². The third kappa shape index (κ3) is 4.52. The minimum Gasteiger partial charge on any atom is -0.309 e. The maximum absolute atomic E-state index is 5.28. The average Bonchev–Trinajstić information content (AvgIpc) is 3.80. The van der Waals surface area contributed by atoms with E-state index in [1.54, 1.807) is 0 Å². The van der Waals surface area contributed by atoms with Gasteiger partial charge in [-0.2, -0.15) is 9.97 Å². The first-order valence-corrected chi connectivity index (χ1v) is 19.0. The lowest BCUT2D eigenvalue weighted by Gasteiger charge is -2.13. The van der Waals surface area contributed by atoms with Gasteiger partial charge in [-0.3, -0.25) is 4.57 Å². The predicted octanol–water partition coefficient (Wildman–Crippen LogP) is 12.8. The Kier molecular flexibility index (Phi) is 6.56. The Morgan fingerprint density at radius 2 is 0.732 bits per heavy atom. The highest BCUT2D eigenvalue weighted by molar-refractivity contribution is 6.34. The lowest BCUT2D eigenvalue weighted by Crippen LogP contribution is -2.06. The number of hydrogen-bond donors (Lipinski definition) is 0. The molecule has 0 aliphatic carbocycles. The third-order valence-corrected chi connectivity index (χ3v) is 11.3. The van der Waals surface area contributed by atoms with Crippen molar-refractivity contribution in [2.75, 3.05) is 0 Å². The molecule has 0 spiro atoms. The van der Waals surface area contributed by atoms with E-state index in [-0.39, 0.29) is 0 Å². The quantitative estimate of drug-likeness (QED) is 0.167. The van der Waals surface area contributed by atoms with Crippen LogP contribution >= 0.6 is 0 Å². The van der Waals surface area contributed by atoms with Crippen molar-refractivity contribution in [3.63, 3.8) is 0 Å². The molecule has 5 heteroatoms. The summed E-state index contributed by atoms with van der Waals surface area (Å²) in [6, 6.07) is 66.6. The topological polar surface area (TPSA) is 48.5 Å². The van der Waals surface area contributed by atoms with Crippen molar-refractivity contribution < 1.29 is 0 Å². The molecule has 0 saturated heterocycles. The second-order valence-electron chi connectivity index (χ2n) is 14.4. The van der Waals surface area contributed by atoms with Crippen LogP contribution in [0.2, 0.25) is 0 Å². The standard InChI is InChI=1S/C51H31N5/c1-2-13-32(14-3-1)33-27-29-34(30-28-33)49-52-50(54-51(53-49)56-43-23-8-6-19-39(43)40-20-7-9-24-44(40)56)35-15-10-16-36(31-35)55-45-25-11-21-41-37-17-4-5-18-38(37)42-22-12-26-46(55)48(42)47(41)45/h1-31H. The molecule has 0 amide bonds. The average molecular weight is 714 g/mol. The summed E-state index contributed by atoms with van der Waals surface area (Å²) in [5, 5.41) is 9.99. The zero-order valence-corrected chi connectivity index (χ0v) is 30.1. The molecular weight excluding hydrogens is 683 g/mol. The number of fused-ring (bicyclic) bond motifs is 6. The van der Waals surface area contributed by atoms with Crippen molar-refractivity contribution in [3.8, 4) is 45.5 Å². The fraction of sp³-hybridized carbons (Fsp3) is 0. The van der Waals surface area contributed by atoms with Crippen LogP contribution < -0.4 is 0 Å². The number of aromatic nitrogens is 5. The van der Waals surface area contributed by atoms with Gasteiger partial charge in [-0.05, 0) is 69.1 Å². The van der Waals surface area contributed by atoms with Gasteiger partial charge >= 0.3 is 0 Å². The summed E-state index contributed by atoms with van der Waals surface area (Å²) in [5.41, 5.74) is 9.65.